The summed E-state index contributed by atoms with van der Waals surface area (Å²) >= 11 is 3.39. The zero-order valence-electron chi connectivity index (χ0n) is 16.1. The molecule has 0 aromatic carbocycles. The fourth-order valence-corrected chi connectivity index (χ4v) is 3.40. The highest BCUT2D eigenvalue weighted by Crippen LogP contribution is 2.36. The van der Waals surface area contributed by atoms with Crippen molar-refractivity contribution in [2.45, 2.75) is 46.5 Å². The number of amides is 1. The van der Waals surface area contributed by atoms with Crippen LogP contribution in [0.5, 0.6) is 0 Å². The van der Waals surface area contributed by atoms with Crippen LogP contribution in [0.1, 0.15) is 29.1 Å². The summed E-state index contributed by atoms with van der Waals surface area (Å²) in [5, 5.41) is 11.1. The van der Waals surface area contributed by atoms with Crippen molar-refractivity contribution in [3.8, 4) is 0 Å². The van der Waals surface area contributed by atoms with E-state index in [0.29, 0.717) is 19.5 Å². The number of hydrogen-bond acceptors (Lipinski definition) is 4. The Labute approximate surface area is 173 Å². The third-order valence-electron chi connectivity index (χ3n) is 4.38. The highest BCUT2D eigenvalue weighted by molar-refractivity contribution is 9.10. The van der Waals surface area contributed by atoms with Crippen LogP contribution >= 0.6 is 15.9 Å². The van der Waals surface area contributed by atoms with E-state index in [1.807, 2.05) is 13.1 Å². The van der Waals surface area contributed by atoms with E-state index >= 15 is 0 Å². The Balaban J connectivity index is 1.66. The molecular weight excluding hydrogens is 453 g/mol. The highest BCUT2D eigenvalue weighted by atomic mass is 79.9. The summed E-state index contributed by atoms with van der Waals surface area (Å²) in [4.78, 5) is 16.4. The van der Waals surface area contributed by atoms with Gasteiger partial charge in [0.1, 0.15) is 6.54 Å². The van der Waals surface area contributed by atoms with Crippen LogP contribution in [0.3, 0.4) is 0 Å². The van der Waals surface area contributed by atoms with Gasteiger partial charge in [-0.3, -0.25) is 9.48 Å². The molecule has 3 rings (SSSR count). The van der Waals surface area contributed by atoms with Gasteiger partial charge in [-0.1, -0.05) is 0 Å². The molecule has 0 saturated carbocycles. The Morgan fingerprint density at radius 2 is 1.93 bits per heavy atom. The van der Waals surface area contributed by atoms with Crippen molar-refractivity contribution >= 4 is 32.9 Å². The number of pyridine rings is 1. The van der Waals surface area contributed by atoms with Crippen molar-refractivity contribution in [2.24, 2.45) is 0 Å². The third-order valence-corrected chi connectivity index (χ3v) is 5.16. The standard InChI is InChI=1S/C18H20BrF3N6O/c1-10-7-13(18(20,21)22)16-12(3)26-28(17(16)24-10)9-15(29)23-5-4-6-27-8-14(19)11(2)25-27/h7-8H,4-6,9H2,1-3H3,(H,23,29). The number of aromatic nitrogens is 5. The molecule has 0 bridgehead atoms. The van der Waals surface area contributed by atoms with Crippen molar-refractivity contribution in [3.05, 3.63) is 39.4 Å². The molecule has 1 N–H and O–H groups in total. The summed E-state index contributed by atoms with van der Waals surface area (Å²) < 4.78 is 44.0. The number of halogens is 4. The Kier molecular flexibility index (Phi) is 5.97. The number of carbonyl (C=O) groups is 1. The second kappa shape index (κ2) is 8.13. The lowest BCUT2D eigenvalue weighted by atomic mass is 10.1. The van der Waals surface area contributed by atoms with Gasteiger partial charge in [0.2, 0.25) is 5.91 Å². The number of hydrogen-bond donors (Lipinski definition) is 1. The molecule has 3 aromatic heterocycles. The lowest BCUT2D eigenvalue weighted by Gasteiger charge is -2.10. The highest BCUT2D eigenvalue weighted by Gasteiger charge is 2.35. The van der Waals surface area contributed by atoms with E-state index < -0.39 is 11.7 Å². The molecule has 0 aliphatic carbocycles. The Morgan fingerprint density at radius 1 is 1.21 bits per heavy atom. The number of nitrogens with one attached hydrogen (secondary N) is 1. The summed E-state index contributed by atoms with van der Waals surface area (Å²) in [6.07, 6.45) is -2.00. The Bertz CT molecular complexity index is 1040. The van der Waals surface area contributed by atoms with E-state index in [2.05, 4.69) is 36.4 Å². The van der Waals surface area contributed by atoms with Gasteiger partial charge in [-0.15, -0.1) is 0 Å². The molecule has 156 valence electrons. The molecule has 11 heteroatoms. The molecule has 0 radical (unpaired) electrons. The first kappa shape index (κ1) is 21.3. The minimum Gasteiger partial charge on any atom is -0.354 e. The van der Waals surface area contributed by atoms with Crippen molar-refractivity contribution in [1.29, 1.82) is 0 Å². The third kappa shape index (κ3) is 4.77. The van der Waals surface area contributed by atoms with E-state index in [9.17, 15) is 18.0 Å². The van der Waals surface area contributed by atoms with Crippen LogP contribution in [-0.4, -0.2) is 37.0 Å². The molecule has 3 aromatic rings. The summed E-state index contributed by atoms with van der Waals surface area (Å²) in [6, 6.07) is 0.997. The van der Waals surface area contributed by atoms with Crippen LogP contribution in [0.2, 0.25) is 0 Å². The molecule has 29 heavy (non-hydrogen) atoms. The maximum absolute atomic E-state index is 13.4. The van der Waals surface area contributed by atoms with Gasteiger partial charge in [-0.05, 0) is 49.2 Å². The summed E-state index contributed by atoms with van der Waals surface area (Å²) in [5.41, 5.74) is 0.557. The smallest absolute Gasteiger partial charge is 0.354 e. The number of rotatable bonds is 6. The topological polar surface area (TPSA) is 77.6 Å². The number of fused-ring (bicyclic) bond motifs is 1. The number of alkyl halides is 3. The molecule has 0 atom stereocenters. The van der Waals surface area contributed by atoms with Gasteiger partial charge in [-0.2, -0.15) is 23.4 Å². The van der Waals surface area contributed by atoms with Crippen LogP contribution in [-0.2, 0) is 24.1 Å². The van der Waals surface area contributed by atoms with Crippen molar-refractivity contribution in [1.82, 2.24) is 29.9 Å². The van der Waals surface area contributed by atoms with E-state index in [0.717, 1.165) is 16.2 Å². The molecule has 0 unspecified atom stereocenters. The normalized spacial score (nSPS) is 12.0. The van der Waals surface area contributed by atoms with E-state index in [-0.39, 0.29) is 34.9 Å². The van der Waals surface area contributed by atoms with Gasteiger partial charge >= 0.3 is 6.18 Å². The van der Waals surface area contributed by atoms with E-state index in [1.54, 1.807) is 4.68 Å². The number of carbonyl (C=O) groups excluding carboxylic acids is 1. The first-order valence-electron chi connectivity index (χ1n) is 8.94. The van der Waals surface area contributed by atoms with E-state index in [4.69, 9.17) is 0 Å². The van der Waals surface area contributed by atoms with Crippen molar-refractivity contribution in [2.75, 3.05) is 6.54 Å². The minimum absolute atomic E-state index is 0.0573. The molecule has 0 spiro atoms. The Hall–Kier alpha value is -2.43. The first-order valence-corrected chi connectivity index (χ1v) is 9.73. The van der Waals surface area contributed by atoms with Crippen LogP contribution < -0.4 is 5.32 Å². The monoisotopic (exact) mass is 472 g/mol. The first-order chi connectivity index (χ1) is 13.6. The van der Waals surface area contributed by atoms with E-state index in [1.165, 1.54) is 18.5 Å². The Morgan fingerprint density at radius 3 is 2.55 bits per heavy atom. The zero-order valence-corrected chi connectivity index (χ0v) is 17.7. The maximum atomic E-state index is 13.4. The van der Waals surface area contributed by atoms with Gasteiger partial charge in [0.25, 0.3) is 0 Å². The van der Waals surface area contributed by atoms with Gasteiger partial charge in [0.05, 0.1) is 26.8 Å². The number of aryl methyl sites for hydroxylation is 4. The largest absolute Gasteiger partial charge is 0.417 e. The molecule has 1 amide bonds. The minimum atomic E-state index is -4.52. The van der Waals surface area contributed by atoms with Gasteiger partial charge < -0.3 is 5.32 Å². The molecule has 0 aliphatic heterocycles. The predicted molar refractivity (Wildman–Crippen MR) is 104 cm³/mol. The molecular formula is C18H20BrF3N6O. The zero-order chi connectivity index (χ0) is 21.3. The molecule has 0 aliphatic rings. The molecule has 0 fully saturated rings. The summed E-state index contributed by atoms with van der Waals surface area (Å²) in [6.45, 7) is 5.69. The second-order valence-electron chi connectivity index (χ2n) is 6.78. The van der Waals surface area contributed by atoms with Gasteiger partial charge in [-0.25, -0.2) is 9.67 Å². The predicted octanol–water partition coefficient (Wildman–Crippen LogP) is 3.54. The second-order valence-corrected chi connectivity index (χ2v) is 7.63. The number of nitrogens with zero attached hydrogens (tertiary/aromatic N) is 5. The average Bonchev–Trinajstić information content (AvgIpc) is 3.09. The molecule has 3 heterocycles. The SMILES string of the molecule is Cc1cc(C(F)(F)F)c2c(C)nn(CC(=O)NCCCn3cc(Br)c(C)n3)c2n1. The van der Waals surface area contributed by atoms with Crippen molar-refractivity contribution in [3.63, 3.8) is 0 Å². The molecule has 0 saturated heterocycles. The van der Waals surface area contributed by atoms with Crippen molar-refractivity contribution < 1.29 is 18.0 Å². The summed E-state index contributed by atoms with van der Waals surface area (Å²) in [5.74, 6) is -0.343. The fourth-order valence-electron chi connectivity index (χ4n) is 3.08. The van der Waals surface area contributed by atoms with Gasteiger partial charge in [0, 0.05) is 25.0 Å². The lowest BCUT2D eigenvalue weighted by molar-refractivity contribution is -0.136. The fraction of sp³-hybridized carbons (Fsp3) is 0.444. The molecule has 7 nitrogen and oxygen atoms in total. The van der Waals surface area contributed by atoms with Crippen LogP contribution in [0, 0.1) is 20.8 Å². The van der Waals surface area contributed by atoms with Crippen LogP contribution in [0.25, 0.3) is 11.0 Å². The quantitative estimate of drug-likeness (QED) is 0.556. The average molecular weight is 473 g/mol. The lowest BCUT2D eigenvalue weighted by Crippen LogP contribution is -2.29. The van der Waals surface area contributed by atoms with Crippen LogP contribution in [0.15, 0.2) is 16.7 Å². The maximum Gasteiger partial charge on any atom is 0.417 e. The summed E-state index contributed by atoms with van der Waals surface area (Å²) in [7, 11) is 0. The van der Waals surface area contributed by atoms with Crippen LogP contribution in [0.4, 0.5) is 13.2 Å². The van der Waals surface area contributed by atoms with Gasteiger partial charge in [0.15, 0.2) is 5.65 Å².